The lowest BCUT2D eigenvalue weighted by Crippen LogP contribution is -2.40. The summed E-state index contributed by atoms with van der Waals surface area (Å²) in [6, 6.07) is 16.8. The molecule has 0 unspecified atom stereocenters. The van der Waals surface area contributed by atoms with Gasteiger partial charge in [-0.25, -0.2) is 0 Å². The number of para-hydroxylation sites is 2. The van der Waals surface area contributed by atoms with Gasteiger partial charge in [-0.2, -0.15) is 0 Å². The molecule has 7 nitrogen and oxygen atoms in total. The number of aromatic nitrogens is 2. The molecule has 0 amide bonds. The lowest BCUT2D eigenvalue weighted by molar-refractivity contribution is -0.207. The van der Waals surface area contributed by atoms with Crippen molar-refractivity contribution in [1.82, 2.24) is 9.97 Å². The number of hydrogen-bond acceptors (Lipinski definition) is 5. The van der Waals surface area contributed by atoms with Crippen molar-refractivity contribution in [3.63, 3.8) is 0 Å². The summed E-state index contributed by atoms with van der Waals surface area (Å²) in [5.74, 6) is -1.46. The highest BCUT2D eigenvalue weighted by molar-refractivity contribution is 5.88. The quantitative estimate of drug-likeness (QED) is 0.412. The molecule has 3 aliphatic heterocycles. The second-order valence-electron chi connectivity index (χ2n) is 11.1. The van der Waals surface area contributed by atoms with Gasteiger partial charge in [-0.3, -0.25) is 0 Å². The highest BCUT2D eigenvalue weighted by Gasteiger charge is 2.60. The second kappa shape index (κ2) is 7.91. The first-order chi connectivity index (χ1) is 17.3. The highest BCUT2D eigenvalue weighted by atomic mass is 16.8. The van der Waals surface area contributed by atoms with Gasteiger partial charge in [0.1, 0.15) is 24.4 Å². The van der Waals surface area contributed by atoms with Crippen LogP contribution < -0.4 is 0 Å². The van der Waals surface area contributed by atoms with E-state index in [9.17, 15) is 0 Å². The van der Waals surface area contributed by atoms with Crippen LogP contribution >= 0.6 is 0 Å². The molecule has 5 heterocycles. The minimum atomic E-state index is -0.713. The van der Waals surface area contributed by atoms with Gasteiger partial charge in [-0.05, 0) is 51.0 Å². The average molecular weight is 489 g/mol. The Morgan fingerprint density at radius 3 is 1.89 bits per heavy atom. The maximum atomic E-state index is 6.92. The molecule has 7 rings (SSSR count). The molecule has 0 aliphatic carbocycles. The summed E-state index contributed by atoms with van der Waals surface area (Å²) < 4.78 is 32.1. The van der Waals surface area contributed by atoms with Gasteiger partial charge in [0.15, 0.2) is 11.6 Å². The number of benzene rings is 2. The minimum Gasteiger partial charge on any atom is -0.366 e. The Morgan fingerprint density at radius 2 is 1.31 bits per heavy atom. The summed E-state index contributed by atoms with van der Waals surface area (Å²) in [6.07, 6.45) is 2.88. The molecule has 7 heteroatoms. The maximum absolute atomic E-state index is 6.92. The van der Waals surface area contributed by atoms with Crippen LogP contribution in [0.4, 0.5) is 0 Å². The Kier molecular flexibility index (Phi) is 4.94. The molecule has 0 saturated carbocycles. The third-order valence-electron chi connectivity index (χ3n) is 7.76. The van der Waals surface area contributed by atoms with Gasteiger partial charge < -0.3 is 33.7 Å². The van der Waals surface area contributed by atoms with E-state index in [2.05, 4.69) is 70.9 Å². The topological polar surface area (TPSA) is 77.7 Å². The lowest BCUT2D eigenvalue weighted by atomic mass is 9.83. The molecule has 0 bridgehead atoms. The molecular formula is C29H32N2O5. The van der Waals surface area contributed by atoms with E-state index >= 15 is 0 Å². The summed E-state index contributed by atoms with van der Waals surface area (Å²) >= 11 is 0. The molecule has 0 spiro atoms. The average Bonchev–Trinajstić information content (AvgIpc) is 3.64. The molecule has 0 radical (unpaired) electrons. The molecule has 3 aliphatic rings. The zero-order valence-electron chi connectivity index (χ0n) is 21.0. The smallest absolute Gasteiger partial charge is 0.164 e. The zero-order chi connectivity index (χ0) is 24.7. The van der Waals surface area contributed by atoms with Crippen LogP contribution in [0.25, 0.3) is 21.8 Å². The van der Waals surface area contributed by atoms with Crippen molar-refractivity contribution in [2.24, 2.45) is 0 Å². The van der Waals surface area contributed by atoms with E-state index in [1.54, 1.807) is 0 Å². The predicted octanol–water partition coefficient (Wildman–Crippen LogP) is 5.22. The molecule has 2 aromatic carbocycles. The SMILES string of the molecule is CC1(C)O[C@@H]2[C@H](O1)[C@@H](C(c1c[nH]c3ccccc13)c1c[nH]c3ccccc13)O[C@@H]2[C@H]1COC(C)(C)O1. The van der Waals surface area contributed by atoms with Crippen LogP contribution in [0.1, 0.15) is 44.7 Å². The summed E-state index contributed by atoms with van der Waals surface area (Å²) in [5.41, 5.74) is 4.55. The number of hydrogen-bond donors (Lipinski definition) is 2. The van der Waals surface area contributed by atoms with Crippen molar-refractivity contribution in [3.05, 3.63) is 72.1 Å². The fourth-order valence-electron chi connectivity index (χ4n) is 6.33. The summed E-state index contributed by atoms with van der Waals surface area (Å²) in [5, 5.41) is 2.35. The van der Waals surface area contributed by atoms with Gasteiger partial charge >= 0.3 is 0 Å². The van der Waals surface area contributed by atoms with E-state index in [1.165, 1.54) is 21.9 Å². The Balaban J connectivity index is 1.37. The van der Waals surface area contributed by atoms with Crippen molar-refractivity contribution in [1.29, 1.82) is 0 Å². The number of fused-ring (bicyclic) bond motifs is 3. The van der Waals surface area contributed by atoms with E-state index in [1.807, 2.05) is 27.7 Å². The van der Waals surface area contributed by atoms with Crippen LogP contribution in [0.2, 0.25) is 0 Å². The third-order valence-corrected chi connectivity index (χ3v) is 7.76. The fourth-order valence-corrected chi connectivity index (χ4v) is 6.33. The van der Waals surface area contributed by atoms with E-state index in [-0.39, 0.29) is 36.4 Å². The zero-order valence-corrected chi connectivity index (χ0v) is 21.0. The van der Waals surface area contributed by atoms with Gasteiger partial charge in [-0.15, -0.1) is 0 Å². The number of rotatable bonds is 4. The van der Waals surface area contributed by atoms with Crippen molar-refractivity contribution >= 4 is 21.8 Å². The summed E-state index contributed by atoms with van der Waals surface area (Å²) in [7, 11) is 0. The number of nitrogens with one attached hydrogen (secondary N) is 2. The molecule has 3 saturated heterocycles. The molecule has 188 valence electrons. The van der Waals surface area contributed by atoms with E-state index in [4.69, 9.17) is 23.7 Å². The molecule has 5 atom stereocenters. The van der Waals surface area contributed by atoms with Crippen LogP contribution in [0.5, 0.6) is 0 Å². The third kappa shape index (κ3) is 3.53. The molecule has 3 fully saturated rings. The standard InChI is InChI=1S/C29H32N2O5/c1-28(2)32-15-22(34-28)24-26-27(36-29(3,4)35-26)25(33-24)23(18-13-30-20-11-7-5-9-16(18)20)19-14-31-21-12-8-6-10-17(19)21/h5-14,22-27,30-31H,15H2,1-4H3/t22-,24-,25-,26+,27-/m1/s1. The van der Waals surface area contributed by atoms with Crippen LogP contribution in [0, 0.1) is 0 Å². The number of ether oxygens (including phenoxy) is 5. The van der Waals surface area contributed by atoms with Gasteiger partial charge in [0.05, 0.1) is 12.7 Å². The fraction of sp³-hybridized carbons (Fsp3) is 0.448. The van der Waals surface area contributed by atoms with Crippen LogP contribution in [-0.2, 0) is 23.7 Å². The maximum Gasteiger partial charge on any atom is 0.164 e. The molecular weight excluding hydrogens is 456 g/mol. The van der Waals surface area contributed by atoms with Gasteiger partial charge in [0.25, 0.3) is 0 Å². The number of aromatic amines is 2. The van der Waals surface area contributed by atoms with Crippen LogP contribution in [0.3, 0.4) is 0 Å². The lowest BCUT2D eigenvalue weighted by Gasteiger charge is -2.30. The Hall–Kier alpha value is -2.68. The van der Waals surface area contributed by atoms with Gasteiger partial charge in [0, 0.05) is 40.1 Å². The largest absolute Gasteiger partial charge is 0.366 e. The molecule has 2 N–H and O–H groups in total. The molecule has 4 aromatic rings. The first kappa shape index (κ1) is 22.5. The van der Waals surface area contributed by atoms with Crippen molar-refractivity contribution < 1.29 is 23.7 Å². The summed E-state index contributed by atoms with van der Waals surface area (Å²) in [6.45, 7) is 8.28. The first-order valence-electron chi connectivity index (χ1n) is 12.7. The monoisotopic (exact) mass is 488 g/mol. The Morgan fingerprint density at radius 1 is 0.722 bits per heavy atom. The minimum absolute atomic E-state index is 0.0948. The van der Waals surface area contributed by atoms with Crippen LogP contribution in [-0.4, -0.2) is 58.7 Å². The predicted molar refractivity (Wildman–Crippen MR) is 136 cm³/mol. The summed E-state index contributed by atoms with van der Waals surface area (Å²) in [4.78, 5) is 6.95. The number of H-pyrrole nitrogens is 2. The van der Waals surface area contributed by atoms with E-state index < -0.39 is 11.6 Å². The Labute approximate surface area is 210 Å². The van der Waals surface area contributed by atoms with Crippen molar-refractivity contribution in [2.75, 3.05) is 6.61 Å². The van der Waals surface area contributed by atoms with Gasteiger partial charge in [0.2, 0.25) is 0 Å². The molecule has 36 heavy (non-hydrogen) atoms. The first-order valence-corrected chi connectivity index (χ1v) is 12.7. The normalized spacial score (nSPS) is 31.1. The van der Waals surface area contributed by atoms with Crippen LogP contribution in [0.15, 0.2) is 60.9 Å². The van der Waals surface area contributed by atoms with E-state index in [0.29, 0.717) is 6.61 Å². The van der Waals surface area contributed by atoms with Crippen molar-refractivity contribution in [3.8, 4) is 0 Å². The van der Waals surface area contributed by atoms with Gasteiger partial charge in [-0.1, -0.05) is 36.4 Å². The highest BCUT2D eigenvalue weighted by Crippen LogP contribution is 2.49. The molecule has 2 aromatic heterocycles. The van der Waals surface area contributed by atoms with Crippen molar-refractivity contribution in [2.45, 2.75) is 75.7 Å². The van der Waals surface area contributed by atoms with E-state index in [0.717, 1.165) is 11.0 Å². The Bertz CT molecular complexity index is 1350. The second-order valence-corrected chi connectivity index (χ2v) is 11.1.